The van der Waals surface area contributed by atoms with Crippen molar-refractivity contribution in [3.63, 3.8) is 0 Å². The van der Waals surface area contributed by atoms with Crippen LogP contribution < -0.4 is 0 Å². The zero-order valence-electron chi connectivity index (χ0n) is 14.5. The van der Waals surface area contributed by atoms with Crippen molar-refractivity contribution < 1.29 is 9.53 Å². The van der Waals surface area contributed by atoms with Crippen LogP contribution in [0.1, 0.15) is 33.6 Å². The first-order valence-corrected chi connectivity index (χ1v) is 9.99. The third-order valence-corrected chi connectivity index (χ3v) is 6.65. The monoisotopic (exact) mass is 364 g/mol. The molecule has 0 saturated carbocycles. The number of thiophene rings is 1. The van der Waals surface area contributed by atoms with Gasteiger partial charge in [0.1, 0.15) is 0 Å². The molecule has 0 unspecified atom stereocenters. The molecule has 1 saturated heterocycles. The van der Waals surface area contributed by atoms with Crippen LogP contribution in [0.25, 0.3) is 10.9 Å². The Morgan fingerprint density at radius 3 is 2.88 bits per heavy atom. The van der Waals surface area contributed by atoms with Crippen LogP contribution in [-0.2, 0) is 16.8 Å². The first kappa shape index (κ1) is 16.0. The lowest BCUT2D eigenvalue weighted by molar-refractivity contribution is -0.0926. The summed E-state index contributed by atoms with van der Waals surface area (Å²) < 4.78 is 6.25. The van der Waals surface area contributed by atoms with Crippen molar-refractivity contribution in [2.75, 3.05) is 19.7 Å². The molecule has 0 radical (unpaired) electrons. The Morgan fingerprint density at radius 2 is 2.00 bits per heavy atom. The van der Waals surface area contributed by atoms with E-state index in [1.54, 1.807) is 6.20 Å². The van der Waals surface area contributed by atoms with Gasteiger partial charge in [-0.25, -0.2) is 0 Å². The van der Waals surface area contributed by atoms with Gasteiger partial charge in [-0.15, -0.1) is 11.3 Å². The topological polar surface area (TPSA) is 42.4 Å². The summed E-state index contributed by atoms with van der Waals surface area (Å²) in [4.78, 5) is 21.0. The Kier molecular flexibility index (Phi) is 3.80. The van der Waals surface area contributed by atoms with E-state index in [-0.39, 0.29) is 11.5 Å². The first-order chi connectivity index (χ1) is 12.8. The number of carbonyl (C=O) groups excluding carboxylic acids is 1. The standard InChI is InChI=1S/C21H20N2O2S/c24-20(16-5-1-3-15-4-2-10-22-19(15)16)23-11-8-21(9-12-23)17-7-14-26-18(17)6-13-25-21/h1-5,7,10,14H,6,8-9,11-13H2. The van der Waals surface area contributed by atoms with Gasteiger partial charge in [0.25, 0.3) is 5.91 Å². The lowest BCUT2D eigenvalue weighted by Crippen LogP contribution is -2.48. The number of likely N-dealkylation sites (tertiary alicyclic amines) is 1. The SMILES string of the molecule is O=C(c1cccc2cccnc12)N1CCC2(CC1)OCCc1sccc12. The molecular weight excluding hydrogens is 344 g/mol. The highest BCUT2D eigenvalue weighted by Crippen LogP contribution is 2.43. The average molecular weight is 364 g/mol. The van der Waals surface area contributed by atoms with E-state index < -0.39 is 0 Å². The van der Waals surface area contributed by atoms with Crippen molar-refractivity contribution in [2.24, 2.45) is 0 Å². The van der Waals surface area contributed by atoms with Gasteiger partial charge in [-0.3, -0.25) is 9.78 Å². The van der Waals surface area contributed by atoms with E-state index in [4.69, 9.17) is 4.74 Å². The van der Waals surface area contributed by atoms with Crippen molar-refractivity contribution in [3.05, 3.63) is 64.0 Å². The van der Waals surface area contributed by atoms with E-state index in [1.165, 1.54) is 10.4 Å². The smallest absolute Gasteiger partial charge is 0.256 e. The number of ether oxygens (including phenoxy) is 1. The van der Waals surface area contributed by atoms with E-state index in [1.807, 2.05) is 46.6 Å². The molecule has 4 heterocycles. The van der Waals surface area contributed by atoms with Crippen molar-refractivity contribution in [3.8, 4) is 0 Å². The number of rotatable bonds is 1. The maximum absolute atomic E-state index is 13.1. The number of carbonyl (C=O) groups is 1. The number of para-hydroxylation sites is 1. The first-order valence-electron chi connectivity index (χ1n) is 9.11. The number of hydrogen-bond acceptors (Lipinski definition) is 4. The predicted molar refractivity (Wildman–Crippen MR) is 103 cm³/mol. The maximum Gasteiger partial charge on any atom is 0.256 e. The summed E-state index contributed by atoms with van der Waals surface area (Å²) in [5.41, 5.74) is 2.64. The van der Waals surface area contributed by atoms with Crippen molar-refractivity contribution in [1.29, 1.82) is 0 Å². The van der Waals surface area contributed by atoms with Gasteiger partial charge in [0.15, 0.2) is 0 Å². The van der Waals surface area contributed by atoms with Crippen LogP contribution in [0.4, 0.5) is 0 Å². The second-order valence-electron chi connectivity index (χ2n) is 7.02. The van der Waals surface area contributed by atoms with Gasteiger partial charge in [-0.05, 0) is 42.0 Å². The van der Waals surface area contributed by atoms with Crippen molar-refractivity contribution in [2.45, 2.75) is 24.9 Å². The molecule has 0 aliphatic carbocycles. The molecule has 2 aromatic heterocycles. The highest BCUT2D eigenvalue weighted by molar-refractivity contribution is 7.10. The van der Waals surface area contributed by atoms with Gasteiger partial charge in [0.2, 0.25) is 0 Å². The van der Waals surface area contributed by atoms with Crippen LogP contribution in [0.15, 0.2) is 48.0 Å². The van der Waals surface area contributed by atoms with Gasteiger partial charge >= 0.3 is 0 Å². The van der Waals surface area contributed by atoms with Gasteiger partial charge in [0.05, 0.1) is 23.3 Å². The van der Waals surface area contributed by atoms with E-state index >= 15 is 0 Å². The molecule has 132 valence electrons. The largest absolute Gasteiger partial charge is 0.370 e. The van der Waals surface area contributed by atoms with Crippen LogP contribution in [0.2, 0.25) is 0 Å². The molecule has 1 aromatic carbocycles. The number of piperidine rings is 1. The summed E-state index contributed by atoms with van der Waals surface area (Å²) in [5, 5.41) is 3.17. The molecule has 2 aliphatic rings. The molecule has 0 N–H and O–H groups in total. The zero-order valence-corrected chi connectivity index (χ0v) is 15.3. The molecule has 4 nitrogen and oxygen atoms in total. The fraction of sp³-hybridized carbons (Fsp3) is 0.333. The number of pyridine rings is 1. The normalized spacial score (nSPS) is 18.8. The summed E-state index contributed by atoms with van der Waals surface area (Å²) in [5.74, 6) is 0.0745. The molecule has 3 aromatic rings. The highest BCUT2D eigenvalue weighted by Gasteiger charge is 2.42. The third kappa shape index (κ3) is 2.46. The number of aromatic nitrogens is 1. The second kappa shape index (κ2) is 6.18. The summed E-state index contributed by atoms with van der Waals surface area (Å²) in [6.45, 7) is 2.23. The van der Waals surface area contributed by atoms with Crippen molar-refractivity contribution >= 4 is 28.1 Å². The van der Waals surface area contributed by atoms with Crippen LogP contribution in [0, 0.1) is 0 Å². The Balaban J connectivity index is 1.40. The van der Waals surface area contributed by atoms with Crippen LogP contribution in [-0.4, -0.2) is 35.5 Å². The Hall–Kier alpha value is -2.24. The van der Waals surface area contributed by atoms with E-state index in [0.29, 0.717) is 5.56 Å². The zero-order chi connectivity index (χ0) is 17.6. The summed E-state index contributed by atoms with van der Waals surface area (Å²) >= 11 is 1.83. The van der Waals surface area contributed by atoms with Crippen LogP contribution >= 0.6 is 11.3 Å². The predicted octanol–water partition coefficient (Wildman–Crippen LogP) is 4.00. The Labute approximate surface area is 156 Å². The van der Waals surface area contributed by atoms with Gasteiger partial charge in [-0.2, -0.15) is 0 Å². The minimum Gasteiger partial charge on any atom is -0.370 e. The third-order valence-electron chi connectivity index (χ3n) is 5.67. The fourth-order valence-electron chi connectivity index (χ4n) is 4.29. The Morgan fingerprint density at radius 1 is 1.15 bits per heavy atom. The number of nitrogens with zero attached hydrogens (tertiary/aromatic N) is 2. The Bertz CT molecular complexity index is 968. The quantitative estimate of drug-likeness (QED) is 0.655. The highest BCUT2D eigenvalue weighted by atomic mass is 32.1. The minimum atomic E-state index is -0.193. The molecule has 5 heteroatoms. The van der Waals surface area contributed by atoms with Gasteiger partial charge in [0, 0.05) is 36.0 Å². The molecule has 1 amide bonds. The van der Waals surface area contributed by atoms with E-state index in [0.717, 1.165) is 49.9 Å². The number of hydrogen-bond donors (Lipinski definition) is 0. The summed E-state index contributed by atoms with van der Waals surface area (Å²) in [6, 6.07) is 11.9. The lowest BCUT2D eigenvalue weighted by Gasteiger charge is -2.44. The summed E-state index contributed by atoms with van der Waals surface area (Å²) in [7, 11) is 0. The fourth-order valence-corrected chi connectivity index (χ4v) is 5.24. The van der Waals surface area contributed by atoms with E-state index in [9.17, 15) is 4.79 Å². The van der Waals surface area contributed by atoms with Crippen LogP contribution in [0.5, 0.6) is 0 Å². The number of benzene rings is 1. The molecule has 0 atom stereocenters. The van der Waals surface area contributed by atoms with Gasteiger partial charge in [-0.1, -0.05) is 18.2 Å². The molecule has 5 rings (SSSR count). The molecule has 1 spiro atoms. The average Bonchev–Trinajstić information content (AvgIpc) is 3.18. The number of fused-ring (bicyclic) bond motifs is 3. The van der Waals surface area contributed by atoms with Crippen LogP contribution in [0.3, 0.4) is 0 Å². The minimum absolute atomic E-state index is 0.0745. The molecular formula is C21H20N2O2S. The van der Waals surface area contributed by atoms with Crippen molar-refractivity contribution in [1.82, 2.24) is 9.88 Å². The molecule has 0 bridgehead atoms. The number of amides is 1. The summed E-state index contributed by atoms with van der Waals surface area (Å²) in [6.07, 6.45) is 4.48. The van der Waals surface area contributed by atoms with Gasteiger partial charge < -0.3 is 9.64 Å². The molecule has 2 aliphatic heterocycles. The van der Waals surface area contributed by atoms with E-state index in [2.05, 4.69) is 16.4 Å². The molecule has 1 fully saturated rings. The second-order valence-corrected chi connectivity index (χ2v) is 8.02. The maximum atomic E-state index is 13.1. The molecule has 26 heavy (non-hydrogen) atoms. The lowest BCUT2D eigenvalue weighted by atomic mass is 9.82.